The van der Waals surface area contributed by atoms with Crippen molar-refractivity contribution in [3.8, 4) is 0 Å². The zero-order chi connectivity index (χ0) is 16.1. The van der Waals surface area contributed by atoms with Crippen molar-refractivity contribution >= 4 is 5.91 Å². The molecule has 0 aromatic carbocycles. The quantitative estimate of drug-likeness (QED) is 0.835. The van der Waals surface area contributed by atoms with Crippen LogP contribution in [0.3, 0.4) is 0 Å². The SMILES string of the molecule is C[C@@H]1CN(CC(=O)N(C)Cc2ccco2)CCN1C[C@@H](C)O. The van der Waals surface area contributed by atoms with Crippen molar-refractivity contribution in [2.24, 2.45) is 0 Å². The molecule has 0 radical (unpaired) electrons. The van der Waals surface area contributed by atoms with Gasteiger partial charge >= 0.3 is 0 Å². The molecule has 22 heavy (non-hydrogen) atoms. The van der Waals surface area contributed by atoms with Crippen molar-refractivity contribution in [1.82, 2.24) is 14.7 Å². The Morgan fingerprint density at radius 1 is 1.55 bits per heavy atom. The lowest BCUT2D eigenvalue weighted by atomic mass is 10.1. The van der Waals surface area contributed by atoms with E-state index in [1.165, 1.54) is 0 Å². The van der Waals surface area contributed by atoms with Crippen molar-refractivity contribution in [2.75, 3.05) is 39.8 Å². The molecule has 2 heterocycles. The highest BCUT2D eigenvalue weighted by Crippen LogP contribution is 2.11. The Labute approximate surface area is 132 Å². The molecule has 0 saturated carbocycles. The lowest BCUT2D eigenvalue weighted by molar-refractivity contribution is -0.132. The third-order valence-corrected chi connectivity index (χ3v) is 4.11. The van der Waals surface area contributed by atoms with Gasteiger partial charge in [0.25, 0.3) is 0 Å². The molecule has 2 rings (SSSR count). The molecule has 0 unspecified atom stereocenters. The number of amides is 1. The van der Waals surface area contributed by atoms with Gasteiger partial charge in [0.1, 0.15) is 5.76 Å². The minimum absolute atomic E-state index is 0.104. The molecule has 6 nitrogen and oxygen atoms in total. The van der Waals surface area contributed by atoms with E-state index in [4.69, 9.17) is 4.42 Å². The van der Waals surface area contributed by atoms with Gasteiger partial charge in [-0.1, -0.05) is 0 Å². The Bertz CT molecular complexity index is 461. The van der Waals surface area contributed by atoms with Crippen LogP contribution in [-0.2, 0) is 11.3 Å². The Morgan fingerprint density at radius 2 is 2.32 bits per heavy atom. The average molecular weight is 309 g/mol. The number of carbonyl (C=O) groups excluding carboxylic acids is 1. The number of aliphatic hydroxyl groups excluding tert-OH is 1. The molecular weight excluding hydrogens is 282 g/mol. The summed E-state index contributed by atoms with van der Waals surface area (Å²) < 4.78 is 5.27. The summed E-state index contributed by atoms with van der Waals surface area (Å²) in [6.45, 7) is 8.19. The van der Waals surface area contributed by atoms with E-state index in [1.54, 1.807) is 18.2 Å². The molecular formula is C16H27N3O3. The fourth-order valence-electron chi connectivity index (χ4n) is 2.86. The van der Waals surface area contributed by atoms with Gasteiger partial charge in [-0.3, -0.25) is 14.6 Å². The second kappa shape index (κ2) is 7.76. The molecule has 6 heteroatoms. The van der Waals surface area contributed by atoms with E-state index in [0.29, 0.717) is 25.7 Å². The van der Waals surface area contributed by atoms with Gasteiger partial charge in [0.05, 0.1) is 25.5 Å². The molecule has 0 aliphatic carbocycles. The van der Waals surface area contributed by atoms with Crippen LogP contribution in [0.5, 0.6) is 0 Å². The first-order valence-corrected chi connectivity index (χ1v) is 7.86. The highest BCUT2D eigenvalue weighted by molar-refractivity contribution is 5.77. The minimum atomic E-state index is -0.310. The summed E-state index contributed by atoms with van der Waals surface area (Å²) >= 11 is 0. The van der Waals surface area contributed by atoms with Crippen molar-refractivity contribution in [3.63, 3.8) is 0 Å². The number of hydrogen-bond donors (Lipinski definition) is 1. The standard InChI is InChI=1S/C16H27N3O3/c1-13-9-18(6-7-19(13)10-14(2)20)12-16(21)17(3)11-15-5-4-8-22-15/h4-5,8,13-14,20H,6-7,9-12H2,1-3H3/t13-,14-/m1/s1. The molecule has 1 aromatic heterocycles. The second-order valence-corrected chi connectivity index (χ2v) is 6.26. The molecule has 2 atom stereocenters. The highest BCUT2D eigenvalue weighted by atomic mass is 16.3. The van der Waals surface area contributed by atoms with Crippen LogP contribution in [0, 0.1) is 0 Å². The third-order valence-electron chi connectivity index (χ3n) is 4.11. The fraction of sp³-hybridized carbons (Fsp3) is 0.688. The van der Waals surface area contributed by atoms with Gasteiger partial charge in [0.2, 0.25) is 5.91 Å². The van der Waals surface area contributed by atoms with Gasteiger partial charge in [0.15, 0.2) is 0 Å². The summed E-state index contributed by atoms with van der Waals surface area (Å²) in [5.41, 5.74) is 0. The summed E-state index contributed by atoms with van der Waals surface area (Å²) in [6, 6.07) is 4.06. The Kier molecular flexibility index (Phi) is 5.99. The van der Waals surface area contributed by atoms with Crippen LogP contribution in [0.2, 0.25) is 0 Å². The van der Waals surface area contributed by atoms with E-state index < -0.39 is 0 Å². The van der Waals surface area contributed by atoms with Crippen LogP contribution in [0.25, 0.3) is 0 Å². The zero-order valence-electron chi connectivity index (χ0n) is 13.7. The van der Waals surface area contributed by atoms with Gasteiger partial charge in [-0.2, -0.15) is 0 Å². The Hall–Kier alpha value is -1.37. The fourth-order valence-corrected chi connectivity index (χ4v) is 2.86. The molecule has 0 bridgehead atoms. The van der Waals surface area contributed by atoms with E-state index >= 15 is 0 Å². The second-order valence-electron chi connectivity index (χ2n) is 6.26. The molecule has 1 fully saturated rings. The van der Waals surface area contributed by atoms with E-state index in [0.717, 1.165) is 25.4 Å². The lowest BCUT2D eigenvalue weighted by Crippen LogP contribution is -2.55. The summed E-state index contributed by atoms with van der Waals surface area (Å²) in [5, 5.41) is 9.50. The van der Waals surface area contributed by atoms with E-state index in [2.05, 4.69) is 16.7 Å². The minimum Gasteiger partial charge on any atom is -0.467 e. The Morgan fingerprint density at radius 3 is 2.91 bits per heavy atom. The topological polar surface area (TPSA) is 60.2 Å². The maximum atomic E-state index is 12.3. The molecule has 124 valence electrons. The number of furan rings is 1. The van der Waals surface area contributed by atoms with Gasteiger partial charge in [-0.05, 0) is 26.0 Å². The lowest BCUT2D eigenvalue weighted by Gasteiger charge is -2.40. The van der Waals surface area contributed by atoms with Crippen LogP contribution in [0.4, 0.5) is 0 Å². The Balaban J connectivity index is 1.78. The van der Waals surface area contributed by atoms with Crippen LogP contribution < -0.4 is 0 Å². The smallest absolute Gasteiger partial charge is 0.236 e. The monoisotopic (exact) mass is 309 g/mol. The number of β-amino-alcohol motifs (C(OH)–C–C–N with tert-alkyl or cyclic N) is 1. The summed E-state index contributed by atoms with van der Waals surface area (Å²) in [5.74, 6) is 0.901. The van der Waals surface area contributed by atoms with E-state index in [-0.39, 0.29) is 12.0 Å². The third kappa shape index (κ3) is 4.83. The van der Waals surface area contributed by atoms with Crippen molar-refractivity contribution in [1.29, 1.82) is 0 Å². The number of likely N-dealkylation sites (N-methyl/N-ethyl adjacent to an activating group) is 1. The first kappa shape index (κ1) is 17.0. The van der Waals surface area contributed by atoms with Gasteiger partial charge in [0, 0.05) is 39.3 Å². The molecule has 1 aliphatic heterocycles. The molecule has 1 saturated heterocycles. The first-order chi connectivity index (χ1) is 10.5. The maximum absolute atomic E-state index is 12.3. The van der Waals surface area contributed by atoms with Gasteiger partial charge < -0.3 is 14.4 Å². The number of rotatable bonds is 6. The van der Waals surface area contributed by atoms with Crippen LogP contribution in [0.1, 0.15) is 19.6 Å². The predicted molar refractivity (Wildman–Crippen MR) is 84.3 cm³/mol. The average Bonchev–Trinajstić information content (AvgIpc) is 2.94. The number of hydrogen-bond acceptors (Lipinski definition) is 5. The first-order valence-electron chi connectivity index (χ1n) is 7.86. The number of aliphatic hydroxyl groups is 1. The molecule has 1 aromatic rings. The van der Waals surface area contributed by atoms with E-state index in [1.807, 2.05) is 19.1 Å². The maximum Gasteiger partial charge on any atom is 0.236 e. The molecule has 1 N–H and O–H groups in total. The summed E-state index contributed by atoms with van der Waals surface area (Å²) in [6.07, 6.45) is 1.31. The van der Waals surface area contributed by atoms with Crippen LogP contribution >= 0.6 is 0 Å². The molecule has 1 amide bonds. The van der Waals surface area contributed by atoms with Crippen molar-refractivity contribution < 1.29 is 14.3 Å². The van der Waals surface area contributed by atoms with Crippen molar-refractivity contribution in [3.05, 3.63) is 24.2 Å². The highest BCUT2D eigenvalue weighted by Gasteiger charge is 2.26. The largest absolute Gasteiger partial charge is 0.467 e. The van der Waals surface area contributed by atoms with Crippen molar-refractivity contribution in [2.45, 2.75) is 32.5 Å². The van der Waals surface area contributed by atoms with Gasteiger partial charge in [-0.25, -0.2) is 0 Å². The molecule has 0 spiro atoms. The van der Waals surface area contributed by atoms with Gasteiger partial charge in [-0.15, -0.1) is 0 Å². The normalized spacial score (nSPS) is 21.7. The molecule has 1 aliphatic rings. The predicted octanol–water partition coefficient (Wildman–Crippen LogP) is 0.625. The number of carbonyl (C=O) groups is 1. The van der Waals surface area contributed by atoms with Crippen LogP contribution in [0.15, 0.2) is 22.8 Å². The van der Waals surface area contributed by atoms with Crippen LogP contribution in [-0.4, -0.2) is 77.6 Å². The number of nitrogens with zero attached hydrogens (tertiary/aromatic N) is 3. The number of piperazine rings is 1. The van der Waals surface area contributed by atoms with E-state index in [9.17, 15) is 9.90 Å². The summed E-state index contributed by atoms with van der Waals surface area (Å²) in [7, 11) is 1.80. The summed E-state index contributed by atoms with van der Waals surface area (Å²) in [4.78, 5) is 18.5. The zero-order valence-corrected chi connectivity index (χ0v) is 13.7.